The Labute approximate surface area is 133 Å². The second kappa shape index (κ2) is 6.64. The fourth-order valence-corrected chi connectivity index (χ4v) is 3.26. The molecule has 0 amide bonds. The van der Waals surface area contributed by atoms with Crippen molar-refractivity contribution in [3.05, 3.63) is 71.8 Å². The van der Waals surface area contributed by atoms with Gasteiger partial charge in [-0.2, -0.15) is 0 Å². The molecule has 0 spiro atoms. The molecule has 1 saturated carbocycles. The molecule has 1 aliphatic carbocycles. The molecule has 2 heteroatoms. The summed E-state index contributed by atoms with van der Waals surface area (Å²) in [5.74, 6) is 1.42. The van der Waals surface area contributed by atoms with Crippen molar-refractivity contribution >= 4 is 0 Å². The van der Waals surface area contributed by atoms with Crippen LogP contribution in [0.5, 0.6) is 0 Å². The van der Waals surface area contributed by atoms with E-state index < -0.39 is 6.10 Å². The standard InChI is InChI=1S/C20H25NO/c1-15(20(22)17-11-7-4-8-12-17)21(2)14-18-13-19(18)16-9-5-3-6-10-16/h3-12,15,18-20,22H,13-14H2,1-2H3/t15-,18+,19+,20+/m1/s1. The van der Waals surface area contributed by atoms with Crippen molar-refractivity contribution < 1.29 is 5.11 Å². The van der Waals surface area contributed by atoms with Crippen LogP contribution < -0.4 is 0 Å². The van der Waals surface area contributed by atoms with Gasteiger partial charge in [-0.05, 0) is 43.4 Å². The van der Waals surface area contributed by atoms with Crippen molar-refractivity contribution in [1.29, 1.82) is 0 Å². The molecular weight excluding hydrogens is 270 g/mol. The second-order valence-corrected chi connectivity index (χ2v) is 6.55. The molecule has 116 valence electrons. The van der Waals surface area contributed by atoms with Crippen LogP contribution in [0.1, 0.15) is 36.5 Å². The first-order valence-corrected chi connectivity index (χ1v) is 8.15. The number of likely N-dealkylation sites (N-methyl/N-ethyl adjacent to an activating group) is 1. The SMILES string of the molecule is C[C@H]([C@H](O)c1ccccc1)N(C)C[C@@H]1C[C@H]1c1ccccc1. The third-order valence-electron chi connectivity index (χ3n) is 4.97. The van der Waals surface area contributed by atoms with Crippen molar-refractivity contribution in [2.45, 2.75) is 31.4 Å². The van der Waals surface area contributed by atoms with Crippen LogP contribution in [0, 0.1) is 5.92 Å². The number of benzene rings is 2. The zero-order valence-corrected chi connectivity index (χ0v) is 13.4. The number of aliphatic hydroxyl groups is 1. The van der Waals surface area contributed by atoms with E-state index in [1.807, 2.05) is 30.3 Å². The van der Waals surface area contributed by atoms with Crippen molar-refractivity contribution in [2.24, 2.45) is 5.92 Å². The largest absolute Gasteiger partial charge is 0.387 e. The minimum absolute atomic E-state index is 0.124. The molecule has 0 bridgehead atoms. The van der Waals surface area contributed by atoms with E-state index in [1.54, 1.807) is 0 Å². The van der Waals surface area contributed by atoms with Gasteiger partial charge in [0.15, 0.2) is 0 Å². The molecule has 2 aromatic rings. The van der Waals surface area contributed by atoms with E-state index in [4.69, 9.17) is 0 Å². The van der Waals surface area contributed by atoms with Gasteiger partial charge in [0.1, 0.15) is 0 Å². The van der Waals surface area contributed by atoms with E-state index in [2.05, 4.69) is 49.2 Å². The highest BCUT2D eigenvalue weighted by Gasteiger charge is 2.39. The van der Waals surface area contributed by atoms with E-state index in [0.717, 1.165) is 18.0 Å². The fraction of sp³-hybridized carbons (Fsp3) is 0.400. The molecular formula is C20H25NO. The van der Waals surface area contributed by atoms with Gasteiger partial charge in [0.2, 0.25) is 0 Å². The fourth-order valence-electron chi connectivity index (χ4n) is 3.26. The molecule has 0 saturated heterocycles. The van der Waals surface area contributed by atoms with Gasteiger partial charge < -0.3 is 10.0 Å². The van der Waals surface area contributed by atoms with Crippen LogP contribution in [-0.4, -0.2) is 29.6 Å². The van der Waals surface area contributed by atoms with Gasteiger partial charge in [0.05, 0.1) is 6.10 Å². The quantitative estimate of drug-likeness (QED) is 0.875. The van der Waals surface area contributed by atoms with Crippen LogP contribution in [0.3, 0.4) is 0 Å². The maximum atomic E-state index is 10.5. The highest BCUT2D eigenvalue weighted by atomic mass is 16.3. The summed E-state index contributed by atoms with van der Waals surface area (Å²) in [6.07, 6.45) is 0.836. The lowest BCUT2D eigenvalue weighted by atomic mass is 10.0. The van der Waals surface area contributed by atoms with Gasteiger partial charge in [-0.15, -0.1) is 0 Å². The van der Waals surface area contributed by atoms with Crippen LogP contribution in [0.15, 0.2) is 60.7 Å². The van der Waals surface area contributed by atoms with Gasteiger partial charge >= 0.3 is 0 Å². The van der Waals surface area contributed by atoms with Crippen molar-refractivity contribution in [1.82, 2.24) is 4.90 Å². The molecule has 0 aliphatic heterocycles. The van der Waals surface area contributed by atoms with E-state index in [-0.39, 0.29) is 6.04 Å². The number of hydrogen-bond donors (Lipinski definition) is 1. The average Bonchev–Trinajstić information content (AvgIpc) is 3.34. The molecule has 1 N–H and O–H groups in total. The Bertz CT molecular complexity index is 583. The first kappa shape index (κ1) is 15.3. The predicted molar refractivity (Wildman–Crippen MR) is 90.8 cm³/mol. The Morgan fingerprint density at radius 3 is 2.27 bits per heavy atom. The Kier molecular flexibility index (Phi) is 4.60. The molecule has 2 aromatic carbocycles. The van der Waals surface area contributed by atoms with Gasteiger partial charge in [0, 0.05) is 12.6 Å². The van der Waals surface area contributed by atoms with Crippen LogP contribution in [-0.2, 0) is 0 Å². The number of hydrogen-bond acceptors (Lipinski definition) is 2. The molecule has 4 atom stereocenters. The summed E-state index contributed by atoms with van der Waals surface area (Å²) in [5.41, 5.74) is 2.45. The van der Waals surface area contributed by atoms with Crippen LogP contribution in [0.25, 0.3) is 0 Å². The van der Waals surface area contributed by atoms with Crippen LogP contribution in [0.2, 0.25) is 0 Å². The Hall–Kier alpha value is -1.64. The molecule has 1 fully saturated rings. The Morgan fingerprint density at radius 2 is 1.64 bits per heavy atom. The maximum absolute atomic E-state index is 10.5. The van der Waals surface area contributed by atoms with Crippen LogP contribution >= 0.6 is 0 Å². The lowest BCUT2D eigenvalue weighted by Crippen LogP contribution is -2.36. The molecule has 0 unspecified atom stereocenters. The van der Waals surface area contributed by atoms with Crippen molar-refractivity contribution in [3.8, 4) is 0 Å². The summed E-state index contributed by atoms with van der Waals surface area (Å²) in [5, 5.41) is 10.5. The molecule has 0 radical (unpaired) electrons. The maximum Gasteiger partial charge on any atom is 0.0942 e. The Balaban J connectivity index is 1.55. The first-order chi connectivity index (χ1) is 10.7. The first-order valence-electron chi connectivity index (χ1n) is 8.15. The number of nitrogens with zero attached hydrogens (tertiary/aromatic N) is 1. The third kappa shape index (κ3) is 3.40. The molecule has 0 aromatic heterocycles. The van der Waals surface area contributed by atoms with Crippen molar-refractivity contribution in [3.63, 3.8) is 0 Å². The third-order valence-corrected chi connectivity index (χ3v) is 4.97. The van der Waals surface area contributed by atoms with Gasteiger partial charge in [-0.1, -0.05) is 60.7 Å². The summed E-state index contributed by atoms with van der Waals surface area (Å²) in [4.78, 5) is 2.30. The van der Waals surface area contributed by atoms with E-state index in [1.165, 1.54) is 12.0 Å². The average molecular weight is 295 g/mol. The van der Waals surface area contributed by atoms with Gasteiger partial charge in [0.25, 0.3) is 0 Å². The highest BCUT2D eigenvalue weighted by Crippen LogP contribution is 2.47. The van der Waals surface area contributed by atoms with E-state index in [0.29, 0.717) is 5.92 Å². The summed E-state index contributed by atoms with van der Waals surface area (Å²) < 4.78 is 0. The molecule has 1 aliphatic rings. The summed E-state index contributed by atoms with van der Waals surface area (Å²) >= 11 is 0. The topological polar surface area (TPSA) is 23.5 Å². The number of aliphatic hydroxyl groups excluding tert-OH is 1. The minimum Gasteiger partial charge on any atom is -0.387 e. The zero-order chi connectivity index (χ0) is 15.5. The smallest absolute Gasteiger partial charge is 0.0942 e. The summed E-state index contributed by atoms with van der Waals surface area (Å²) in [6, 6.07) is 20.9. The molecule has 0 heterocycles. The highest BCUT2D eigenvalue weighted by molar-refractivity contribution is 5.26. The van der Waals surface area contributed by atoms with Crippen molar-refractivity contribution in [2.75, 3.05) is 13.6 Å². The lowest BCUT2D eigenvalue weighted by molar-refractivity contribution is 0.0700. The van der Waals surface area contributed by atoms with E-state index >= 15 is 0 Å². The summed E-state index contributed by atoms with van der Waals surface area (Å²) in [6.45, 7) is 3.15. The number of rotatable bonds is 6. The normalized spacial score (nSPS) is 23.3. The minimum atomic E-state index is -0.430. The lowest BCUT2D eigenvalue weighted by Gasteiger charge is -2.29. The molecule has 3 rings (SSSR count). The summed E-state index contributed by atoms with van der Waals surface area (Å²) in [7, 11) is 2.12. The van der Waals surface area contributed by atoms with Crippen LogP contribution in [0.4, 0.5) is 0 Å². The van der Waals surface area contributed by atoms with Gasteiger partial charge in [-0.25, -0.2) is 0 Å². The molecule has 2 nitrogen and oxygen atoms in total. The van der Waals surface area contributed by atoms with E-state index in [9.17, 15) is 5.11 Å². The van der Waals surface area contributed by atoms with Gasteiger partial charge in [-0.3, -0.25) is 0 Å². The Morgan fingerprint density at radius 1 is 1.05 bits per heavy atom. The second-order valence-electron chi connectivity index (χ2n) is 6.55. The zero-order valence-electron chi connectivity index (χ0n) is 13.4. The molecule has 22 heavy (non-hydrogen) atoms. The monoisotopic (exact) mass is 295 g/mol. The predicted octanol–water partition coefficient (Wildman–Crippen LogP) is 3.84.